The molecule has 0 bridgehead atoms. The number of methoxy groups -OCH3 is 1. The average molecular weight is 317 g/mol. The first-order valence-corrected chi connectivity index (χ1v) is 6.53. The van der Waals surface area contributed by atoms with Gasteiger partial charge >= 0.3 is 0 Å². The minimum Gasteiger partial charge on any atom is -0.495 e. The highest BCUT2D eigenvalue weighted by Crippen LogP contribution is 2.34. The minimum absolute atomic E-state index is 0.622. The molecule has 0 aliphatic carbocycles. The monoisotopic (exact) mass is 316 g/mol. The Morgan fingerprint density at radius 1 is 1.16 bits per heavy atom. The van der Waals surface area contributed by atoms with Gasteiger partial charge in [-0.05, 0) is 30.3 Å². The second kappa shape index (κ2) is 5.77. The maximum Gasteiger partial charge on any atom is 0.142 e. The largest absolute Gasteiger partial charge is 0.495 e. The van der Waals surface area contributed by atoms with Gasteiger partial charge in [0.1, 0.15) is 11.8 Å². The van der Waals surface area contributed by atoms with E-state index in [9.17, 15) is 5.26 Å². The molecule has 4 heteroatoms. The first-order valence-electron chi connectivity index (χ1n) is 5.73. The van der Waals surface area contributed by atoms with Crippen molar-refractivity contribution in [1.29, 1.82) is 5.26 Å². The summed E-state index contributed by atoms with van der Waals surface area (Å²) in [5.74, 6) is 0.772. The Kier molecular flexibility index (Phi) is 4.08. The van der Waals surface area contributed by atoms with Crippen molar-refractivity contribution >= 4 is 27.3 Å². The van der Waals surface area contributed by atoms with Crippen LogP contribution < -0.4 is 9.64 Å². The molecule has 2 aromatic rings. The van der Waals surface area contributed by atoms with Crippen molar-refractivity contribution in [2.75, 3.05) is 19.1 Å². The molecule has 0 unspecified atom stereocenters. The van der Waals surface area contributed by atoms with Crippen molar-refractivity contribution in [3.05, 3.63) is 52.5 Å². The van der Waals surface area contributed by atoms with Gasteiger partial charge in [0.25, 0.3) is 0 Å². The van der Waals surface area contributed by atoms with Gasteiger partial charge in [-0.3, -0.25) is 0 Å². The molecular weight excluding hydrogens is 304 g/mol. The summed E-state index contributed by atoms with van der Waals surface area (Å²) in [4.78, 5) is 1.95. The quantitative estimate of drug-likeness (QED) is 0.855. The molecule has 0 fully saturated rings. The van der Waals surface area contributed by atoms with E-state index in [0.29, 0.717) is 5.56 Å². The number of hydrogen-bond acceptors (Lipinski definition) is 3. The van der Waals surface area contributed by atoms with E-state index in [2.05, 4.69) is 22.0 Å². The molecule has 0 aliphatic heterocycles. The fraction of sp³-hybridized carbons (Fsp3) is 0.133. The van der Waals surface area contributed by atoms with Gasteiger partial charge in [-0.15, -0.1) is 0 Å². The zero-order valence-electron chi connectivity index (χ0n) is 10.7. The zero-order valence-corrected chi connectivity index (χ0v) is 12.3. The van der Waals surface area contributed by atoms with E-state index in [4.69, 9.17) is 4.74 Å². The van der Waals surface area contributed by atoms with Crippen molar-refractivity contribution in [2.45, 2.75) is 0 Å². The van der Waals surface area contributed by atoms with E-state index in [-0.39, 0.29) is 0 Å². The molecule has 0 amide bonds. The number of nitrogens with zero attached hydrogens (tertiary/aromatic N) is 2. The molecule has 0 saturated heterocycles. The van der Waals surface area contributed by atoms with E-state index in [1.807, 2.05) is 48.3 Å². The average Bonchev–Trinajstić information content (AvgIpc) is 2.46. The second-order valence-corrected chi connectivity index (χ2v) is 4.92. The topological polar surface area (TPSA) is 36.3 Å². The summed E-state index contributed by atoms with van der Waals surface area (Å²) in [6.07, 6.45) is 0. The molecule has 3 nitrogen and oxygen atoms in total. The molecular formula is C15H13BrN2O. The van der Waals surface area contributed by atoms with Crippen molar-refractivity contribution < 1.29 is 4.74 Å². The SMILES string of the molecule is COc1ccccc1N(C)c1cc(Br)ccc1C#N. The fourth-order valence-corrected chi connectivity index (χ4v) is 2.26. The van der Waals surface area contributed by atoms with Crippen LogP contribution in [0.25, 0.3) is 0 Å². The van der Waals surface area contributed by atoms with E-state index in [1.54, 1.807) is 13.2 Å². The Morgan fingerprint density at radius 2 is 1.89 bits per heavy atom. The zero-order chi connectivity index (χ0) is 13.8. The highest BCUT2D eigenvalue weighted by atomic mass is 79.9. The molecule has 0 heterocycles. The first-order chi connectivity index (χ1) is 9.17. The van der Waals surface area contributed by atoms with Crippen molar-refractivity contribution in [3.8, 4) is 11.8 Å². The highest BCUT2D eigenvalue weighted by molar-refractivity contribution is 9.10. The van der Waals surface area contributed by atoms with E-state index in [1.165, 1.54) is 0 Å². The lowest BCUT2D eigenvalue weighted by atomic mass is 10.1. The van der Waals surface area contributed by atoms with E-state index >= 15 is 0 Å². The van der Waals surface area contributed by atoms with Gasteiger partial charge in [0.2, 0.25) is 0 Å². The van der Waals surface area contributed by atoms with Crippen molar-refractivity contribution in [1.82, 2.24) is 0 Å². The van der Waals surface area contributed by atoms with Gasteiger partial charge in [0, 0.05) is 11.5 Å². The molecule has 2 aromatic carbocycles. The number of para-hydroxylation sites is 2. The third-order valence-corrected chi connectivity index (χ3v) is 3.38. The summed E-state index contributed by atoms with van der Waals surface area (Å²) in [6.45, 7) is 0. The molecule has 0 radical (unpaired) electrons. The van der Waals surface area contributed by atoms with Crippen LogP contribution in [0.1, 0.15) is 5.56 Å². The Bertz CT molecular complexity index is 634. The van der Waals surface area contributed by atoms with Gasteiger partial charge in [0.15, 0.2) is 0 Å². The lowest BCUT2D eigenvalue weighted by molar-refractivity contribution is 0.415. The fourth-order valence-electron chi connectivity index (χ4n) is 1.91. The molecule has 0 spiro atoms. The summed E-state index contributed by atoms with van der Waals surface area (Å²) in [5.41, 5.74) is 2.37. The molecule has 0 atom stereocenters. The standard InChI is InChI=1S/C15H13BrN2O/c1-18(13-5-3-4-6-15(13)19-2)14-9-12(16)8-7-11(14)10-17/h3-9H,1-2H3. The van der Waals surface area contributed by atoms with E-state index < -0.39 is 0 Å². The Hall–Kier alpha value is -1.99. The van der Waals surface area contributed by atoms with Crippen LogP contribution in [0.5, 0.6) is 5.75 Å². The van der Waals surface area contributed by atoms with Gasteiger partial charge in [-0.1, -0.05) is 28.1 Å². The lowest BCUT2D eigenvalue weighted by Gasteiger charge is -2.23. The maximum absolute atomic E-state index is 9.21. The van der Waals surface area contributed by atoms with Gasteiger partial charge < -0.3 is 9.64 Å². The summed E-state index contributed by atoms with van der Waals surface area (Å²) in [5, 5.41) is 9.21. The van der Waals surface area contributed by atoms with Crippen LogP contribution in [-0.2, 0) is 0 Å². The maximum atomic E-state index is 9.21. The summed E-state index contributed by atoms with van der Waals surface area (Å²) >= 11 is 3.43. The Labute approximate surface area is 121 Å². The molecule has 2 rings (SSSR count). The summed E-state index contributed by atoms with van der Waals surface area (Å²) < 4.78 is 6.29. The Balaban J connectivity index is 2.53. The predicted molar refractivity (Wildman–Crippen MR) is 79.9 cm³/mol. The van der Waals surface area contributed by atoms with Gasteiger partial charge in [-0.2, -0.15) is 5.26 Å². The first kappa shape index (κ1) is 13.4. The Morgan fingerprint density at radius 3 is 2.58 bits per heavy atom. The van der Waals surface area contributed by atoms with Crippen LogP contribution in [0.3, 0.4) is 0 Å². The third-order valence-electron chi connectivity index (χ3n) is 2.89. The number of hydrogen-bond donors (Lipinski definition) is 0. The minimum atomic E-state index is 0.622. The number of halogens is 1. The highest BCUT2D eigenvalue weighted by Gasteiger charge is 2.13. The summed E-state index contributed by atoms with van der Waals surface area (Å²) in [7, 11) is 3.55. The molecule has 0 saturated carbocycles. The van der Waals surface area contributed by atoms with Crippen LogP contribution in [0, 0.1) is 11.3 Å². The number of benzene rings is 2. The smallest absolute Gasteiger partial charge is 0.142 e. The van der Waals surface area contributed by atoms with Crippen LogP contribution in [0.2, 0.25) is 0 Å². The number of ether oxygens (including phenoxy) is 1. The molecule has 0 N–H and O–H groups in total. The molecule has 0 aliphatic rings. The van der Waals surface area contributed by atoms with Gasteiger partial charge in [-0.25, -0.2) is 0 Å². The van der Waals surface area contributed by atoms with Crippen molar-refractivity contribution in [3.63, 3.8) is 0 Å². The van der Waals surface area contributed by atoms with Crippen molar-refractivity contribution in [2.24, 2.45) is 0 Å². The summed E-state index contributed by atoms with van der Waals surface area (Å²) in [6, 6.07) is 15.5. The van der Waals surface area contributed by atoms with E-state index in [0.717, 1.165) is 21.6 Å². The third kappa shape index (κ3) is 2.72. The number of nitriles is 1. The molecule has 96 valence electrons. The predicted octanol–water partition coefficient (Wildman–Crippen LogP) is 4.10. The van der Waals surface area contributed by atoms with Gasteiger partial charge in [0.05, 0.1) is 24.0 Å². The van der Waals surface area contributed by atoms with Crippen LogP contribution in [0.15, 0.2) is 46.9 Å². The second-order valence-electron chi connectivity index (χ2n) is 4.00. The number of rotatable bonds is 3. The van der Waals surface area contributed by atoms with Crippen LogP contribution in [0.4, 0.5) is 11.4 Å². The molecule has 0 aromatic heterocycles. The van der Waals surface area contributed by atoms with Crippen LogP contribution in [-0.4, -0.2) is 14.2 Å². The lowest BCUT2D eigenvalue weighted by Crippen LogP contribution is -2.12. The normalized spacial score (nSPS) is 9.79. The van der Waals surface area contributed by atoms with Crippen LogP contribution >= 0.6 is 15.9 Å². The number of anilines is 2. The molecule has 19 heavy (non-hydrogen) atoms.